The van der Waals surface area contributed by atoms with E-state index in [0.29, 0.717) is 16.2 Å². The molecule has 176 valence electrons. The number of aliphatic hydroxyl groups excluding tert-OH is 1. The highest BCUT2D eigenvalue weighted by Crippen LogP contribution is 2.70. The highest BCUT2D eigenvalue weighted by Gasteiger charge is 2.62. The van der Waals surface area contributed by atoms with Gasteiger partial charge in [-0.2, -0.15) is 0 Å². The molecule has 4 fully saturated rings. The van der Waals surface area contributed by atoms with E-state index in [9.17, 15) is 4.79 Å². The van der Waals surface area contributed by atoms with Crippen LogP contribution in [-0.4, -0.2) is 18.5 Å². The molecular formula is C29H48O2. The standard InChI is InChI=1S/C24H40O.2C2H2.CH4O/c1-22-13-5-6-14-24(22,3)21-12-16-23(2)18(8-4-7-17-25)9-10-20(23)19(21)11-15-22;3*1-2/h17-21H,4-16H2,1-3H3;2*1-2H;2H,1H3/t18?,19-,20?,21?,22-,23+,24+;;;/m0.../s1. The smallest absolute Gasteiger partial charge is 0.119 e. The predicted octanol–water partition coefficient (Wildman–Crippen LogP) is 6.90. The third kappa shape index (κ3) is 4.91. The molecule has 1 N–H and O–H groups in total. The molecule has 0 aromatic carbocycles. The number of fused-ring (bicyclic) bond motifs is 5. The van der Waals surface area contributed by atoms with Crippen LogP contribution in [-0.2, 0) is 4.79 Å². The predicted molar refractivity (Wildman–Crippen MR) is 132 cm³/mol. The van der Waals surface area contributed by atoms with Gasteiger partial charge in [0.1, 0.15) is 6.29 Å². The molecule has 7 atom stereocenters. The summed E-state index contributed by atoms with van der Waals surface area (Å²) in [4.78, 5) is 10.7. The maximum Gasteiger partial charge on any atom is 0.119 e. The first kappa shape index (κ1) is 27.8. The summed E-state index contributed by atoms with van der Waals surface area (Å²) >= 11 is 0. The van der Waals surface area contributed by atoms with Crippen LogP contribution < -0.4 is 0 Å². The third-order valence-corrected chi connectivity index (χ3v) is 10.4. The second-order valence-corrected chi connectivity index (χ2v) is 11.0. The van der Waals surface area contributed by atoms with Gasteiger partial charge >= 0.3 is 0 Å². The van der Waals surface area contributed by atoms with Gasteiger partial charge in [0.15, 0.2) is 0 Å². The highest BCUT2D eigenvalue weighted by atomic mass is 16.2. The average molecular weight is 429 g/mol. The number of aliphatic hydroxyl groups is 1. The number of rotatable bonds is 4. The Bertz CT molecular complexity index is 586. The van der Waals surface area contributed by atoms with Crippen molar-refractivity contribution in [3.63, 3.8) is 0 Å². The zero-order valence-corrected chi connectivity index (χ0v) is 20.7. The van der Waals surface area contributed by atoms with Crippen LogP contribution in [0.5, 0.6) is 0 Å². The molecule has 0 aromatic rings. The molecule has 4 aliphatic rings. The quantitative estimate of drug-likeness (QED) is 0.300. The van der Waals surface area contributed by atoms with Gasteiger partial charge in [0.05, 0.1) is 0 Å². The molecule has 4 rings (SSSR count). The number of unbranched alkanes of at least 4 members (excludes halogenated alkanes) is 1. The molecule has 0 bridgehead atoms. The minimum atomic E-state index is 0.586. The van der Waals surface area contributed by atoms with Gasteiger partial charge in [-0.25, -0.2) is 0 Å². The fraction of sp³-hybridized carbons (Fsp3) is 0.828. The van der Waals surface area contributed by atoms with Gasteiger partial charge in [0.2, 0.25) is 0 Å². The van der Waals surface area contributed by atoms with E-state index in [1.165, 1.54) is 70.6 Å². The summed E-state index contributed by atoms with van der Waals surface area (Å²) in [6.07, 6.45) is 35.2. The molecule has 2 nitrogen and oxygen atoms in total. The van der Waals surface area contributed by atoms with Crippen molar-refractivity contribution in [3.8, 4) is 25.7 Å². The molecule has 3 unspecified atom stereocenters. The van der Waals surface area contributed by atoms with E-state index in [1.807, 2.05) is 0 Å². The van der Waals surface area contributed by atoms with Crippen LogP contribution in [0.4, 0.5) is 0 Å². The SMILES string of the molecule is C#C.C#C.CO.C[C@]12CCC3[C@@H](CC[C@]4(C)CCCC[C@]34C)C1CCC2CCCC=O. The summed E-state index contributed by atoms with van der Waals surface area (Å²) < 4.78 is 0. The van der Waals surface area contributed by atoms with Gasteiger partial charge in [-0.1, -0.05) is 33.6 Å². The molecule has 4 aliphatic carbocycles. The van der Waals surface area contributed by atoms with Crippen molar-refractivity contribution in [1.82, 2.24) is 0 Å². The fourth-order valence-electron chi connectivity index (χ4n) is 8.64. The zero-order valence-electron chi connectivity index (χ0n) is 20.7. The lowest BCUT2D eigenvalue weighted by molar-refractivity contribution is -0.152. The van der Waals surface area contributed by atoms with Crippen molar-refractivity contribution in [1.29, 1.82) is 0 Å². The summed E-state index contributed by atoms with van der Waals surface area (Å²) in [5.41, 5.74) is 1.83. The normalized spacial score (nSPS) is 42.4. The van der Waals surface area contributed by atoms with Crippen LogP contribution in [0.25, 0.3) is 0 Å². The van der Waals surface area contributed by atoms with Crippen LogP contribution in [0, 0.1) is 65.6 Å². The van der Waals surface area contributed by atoms with Gasteiger partial charge in [-0.15, -0.1) is 25.7 Å². The Kier molecular flexibility index (Phi) is 10.9. The van der Waals surface area contributed by atoms with Crippen LogP contribution in [0.1, 0.15) is 104 Å². The van der Waals surface area contributed by atoms with Crippen molar-refractivity contribution in [2.75, 3.05) is 7.11 Å². The highest BCUT2D eigenvalue weighted by molar-refractivity contribution is 5.48. The zero-order chi connectivity index (χ0) is 23.7. The van der Waals surface area contributed by atoms with Crippen LogP contribution in [0.2, 0.25) is 0 Å². The van der Waals surface area contributed by atoms with Gasteiger partial charge in [0.25, 0.3) is 0 Å². The minimum absolute atomic E-state index is 0.586. The maximum atomic E-state index is 10.7. The number of hydrogen-bond donors (Lipinski definition) is 1. The monoisotopic (exact) mass is 428 g/mol. The molecule has 0 aliphatic heterocycles. The lowest BCUT2D eigenvalue weighted by atomic mass is 9.40. The first-order chi connectivity index (χ1) is 14.9. The number of carbonyl (C=O) groups is 1. The molecule has 0 aromatic heterocycles. The average Bonchev–Trinajstić information content (AvgIpc) is 3.15. The number of hydrogen-bond acceptors (Lipinski definition) is 2. The summed E-state index contributed by atoms with van der Waals surface area (Å²) in [5.74, 6) is 3.88. The van der Waals surface area contributed by atoms with Gasteiger partial charge < -0.3 is 9.90 Å². The van der Waals surface area contributed by atoms with Crippen LogP contribution >= 0.6 is 0 Å². The van der Waals surface area contributed by atoms with Gasteiger partial charge in [0, 0.05) is 13.5 Å². The second kappa shape index (κ2) is 12.1. The largest absolute Gasteiger partial charge is 0.400 e. The minimum Gasteiger partial charge on any atom is -0.400 e. The Balaban J connectivity index is 0.000000739. The molecule has 0 amide bonds. The van der Waals surface area contributed by atoms with Crippen molar-refractivity contribution in [2.45, 2.75) is 104 Å². The molecular weight excluding hydrogens is 380 g/mol. The Morgan fingerprint density at radius 2 is 1.48 bits per heavy atom. The van der Waals surface area contributed by atoms with Crippen molar-refractivity contribution in [3.05, 3.63) is 0 Å². The Morgan fingerprint density at radius 1 is 0.839 bits per heavy atom. The van der Waals surface area contributed by atoms with E-state index in [0.717, 1.165) is 49.9 Å². The van der Waals surface area contributed by atoms with E-state index in [2.05, 4.69) is 46.5 Å². The van der Waals surface area contributed by atoms with E-state index < -0.39 is 0 Å². The molecule has 0 radical (unpaired) electrons. The third-order valence-electron chi connectivity index (χ3n) is 10.4. The van der Waals surface area contributed by atoms with E-state index >= 15 is 0 Å². The molecule has 2 heteroatoms. The summed E-state index contributed by atoms with van der Waals surface area (Å²) in [6, 6.07) is 0. The first-order valence-electron chi connectivity index (χ1n) is 12.5. The number of carbonyl (C=O) groups excluding carboxylic acids is 1. The van der Waals surface area contributed by atoms with Crippen molar-refractivity contribution in [2.24, 2.45) is 39.9 Å². The van der Waals surface area contributed by atoms with Crippen molar-refractivity contribution >= 4 is 6.29 Å². The Labute approximate surface area is 193 Å². The summed E-state index contributed by atoms with van der Waals surface area (Å²) in [7, 11) is 1.00. The second-order valence-electron chi connectivity index (χ2n) is 11.0. The maximum absolute atomic E-state index is 10.7. The van der Waals surface area contributed by atoms with Gasteiger partial charge in [-0.05, 0) is 104 Å². The van der Waals surface area contributed by atoms with Crippen LogP contribution in [0.3, 0.4) is 0 Å². The van der Waals surface area contributed by atoms with Crippen LogP contribution in [0.15, 0.2) is 0 Å². The van der Waals surface area contributed by atoms with E-state index in [1.54, 1.807) is 0 Å². The molecule has 0 saturated heterocycles. The van der Waals surface area contributed by atoms with Crippen molar-refractivity contribution < 1.29 is 9.90 Å². The lowest BCUT2D eigenvalue weighted by Crippen LogP contribution is -2.56. The Hall–Kier alpha value is -1.25. The van der Waals surface area contributed by atoms with Gasteiger partial charge in [-0.3, -0.25) is 0 Å². The molecule has 0 spiro atoms. The molecule has 31 heavy (non-hydrogen) atoms. The topological polar surface area (TPSA) is 37.3 Å². The lowest BCUT2D eigenvalue weighted by Gasteiger charge is -2.64. The first-order valence-corrected chi connectivity index (χ1v) is 12.5. The molecule has 4 saturated carbocycles. The summed E-state index contributed by atoms with van der Waals surface area (Å²) in [5, 5.41) is 7.00. The fourth-order valence-corrected chi connectivity index (χ4v) is 8.64. The Morgan fingerprint density at radius 3 is 2.13 bits per heavy atom. The van der Waals surface area contributed by atoms with E-state index in [4.69, 9.17) is 5.11 Å². The molecule has 0 heterocycles. The number of terminal acetylenes is 2. The number of aldehydes is 1. The summed E-state index contributed by atoms with van der Waals surface area (Å²) in [6.45, 7) is 7.98. The van der Waals surface area contributed by atoms with E-state index in [-0.39, 0.29) is 0 Å².